The molecule has 1 atom stereocenters. The van der Waals surface area contributed by atoms with Crippen molar-refractivity contribution in [1.82, 2.24) is 24.8 Å². The van der Waals surface area contributed by atoms with Gasteiger partial charge in [-0.25, -0.2) is 19.9 Å². The number of benzene rings is 1. The van der Waals surface area contributed by atoms with E-state index in [9.17, 15) is 18.0 Å². The van der Waals surface area contributed by atoms with Crippen LogP contribution in [0.25, 0.3) is 11.4 Å². The highest BCUT2D eigenvalue weighted by Crippen LogP contribution is 2.29. The Morgan fingerprint density at radius 2 is 1.81 bits per heavy atom. The number of carbonyl (C=O) groups is 1. The number of aromatic nitrogens is 4. The first-order valence-corrected chi connectivity index (χ1v) is 10.0. The smallest absolute Gasteiger partial charge is 0.419 e. The van der Waals surface area contributed by atoms with Crippen molar-refractivity contribution in [2.75, 3.05) is 13.1 Å². The van der Waals surface area contributed by atoms with E-state index in [0.717, 1.165) is 5.56 Å². The number of aryl methyl sites for hydroxylation is 1. The number of carbonyl (C=O) groups excluding carboxylic acids is 1. The number of hydrogen-bond acceptors (Lipinski definition) is 6. The van der Waals surface area contributed by atoms with Gasteiger partial charge in [-0.15, -0.1) is 0 Å². The standard InChI is InChI=1S/C22H20F3N5O2/c1-14-5-2-7-17(18(14)19-26-8-4-9-27-19)20(31)30-10-3-6-16(13-30)32-21-28-11-15(12-29-21)22(23,24)25/h2,4-5,7-9,11-12,16H,3,6,10,13H2,1H3/t16-/m1/s1. The molecule has 166 valence electrons. The molecule has 3 aromatic rings. The predicted octanol–water partition coefficient (Wildman–Crippen LogP) is 3.94. The van der Waals surface area contributed by atoms with Crippen LogP contribution >= 0.6 is 0 Å². The summed E-state index contributed by atoms with van der Waals surface area (Å²) < 4.78 is 43.7. The number of hydrogen-bond donors (Lipinski definition) is 0. The van der Waals surface area contributed by atoms with Crippen LogP contribution in [-0.2, 0) is 6.18 Å². The zero-order valence-electron chi connectivity index (χ0n) is 17.2. The van der Waals surface area contributed by atoms with E-state index in [4.69, 9.17) is 4.74 Å². The number of alkyl halides is 3. The van der Waals surface area contributed by atoms with Gasteiger partial charge in [-0.1, -0.05) is 12.1 Å². The normalized spacial score (nSPS) is 16.6. The molecule has 0 N–H and O–H groups in total. The van der Waals surface area contributed by atoms with Crippen molar-refractivity contribution >= 4 is 5.91 Å². The fourth-order valence-electron chi connectivity index (χ4n) is 3.63. The monoisotopic (exact) mass is 443 g/mol. The molecule has 1 saturated heterocycles. The Hall–Kier alpha value is -3.56. The van der Waals surface area contributed by atoms with Gasteiger partial charge >= 0.3 is 12.2 Å². The highest BCUT2D eigenvalue weighted by Gasteiger charge is 2.32. The molecule has 7 nitrogen and oxygen atoms in total. The van der Waals surface area contributed by atoms with E-state index in [-0.39, 0.29) is 18.5 Å². The molecule has 0 spiro atoms. The Morgan fingerprint density at radius 1 is 1.09 bits per heavy atom. The highest BCUT2D eigenvalue weighted by atomic mass is 19.4. The summed E-state index contributed by atoms with van der Waals surface area (Å²) in [6.45, 7) is 2.70. The number of amides is 1. The Morgan fingerprint density at radius 3 is 2.50 bits per heavy atom. The maximum Gasteiger partial charge on any atom is 0.419 e. The molecule has 0 saturated carbocycles. The van der Waals surface area contributed by atoms with Crippen LogP contribution in [0, 0.1) is 6.92 Å². The zero-order chi connectivity index (χ0) is 22.7. The van der Waals surface area contributed by atoms with E-state index in [1.54, 1.807) is 29.4 Å². The molecule has 3 heterocycles. The van der Waals surface area contributed by atoms with Crippen LogP contribution in [0.15, 0.2) is 49.1 Å². The average Bonchev–Trinajstić information content (AvgIpc) is 2.79. The Bertz CT molecular complexity index is 1090. The minimum Gasteiger partial charge on any atom is -0.458 e. The molecule has 4 rings (SSSR count). The second-order valence-electron chi connectivity index (χ2n) is 7.46. The molecule has 0 radical (unpaired) electrons. The van der Waals surface area contributed by atoms with Crippen LogP contribution < -0.4 is 4.74 Å². The highest BCUT2D eigenvalue weighted by molar-refractivity contribution is 6.00. The van der Waals surface area contributed by atoms with Crippen LogP contribution in [0.3, 0.4) is 0 Å². The first-order chi connectivity index (χ1) is 15.3. The van der Waals surface area contributed by atoms with Gasteiger partial charge in [-0.05, 0) is 37.5 Å². The van der Waals surface area contributed by atoms with Crippen molar-refractivity contribution in [3.05, 3.63) is 65.7 Å². The third-order valence-corrected chi connectivity index (χ3v) is 5.19. The van der Waals surface area contributed by atoms with Gasteiger partial charge in [0.15, 0.2) is 5.82 Å². The van der Waals surface area contributed by atoms with Gasteiger partial charge in [0, 0.05) is 36.9 Å². The average molecular weight is 443 g/mol. The summed E-state index contributed by atoms with van der Waals surface area (Å²) in [6.07, 6.45) is 0.998. The van der Waals surface area contributed by atoms with Gasteiger partial charge < -0.3 is 9.64 Å². The van der Waals surface area contributed by atoms with Crippen LogP contribution in [0.4, 0.5) is 13.2 Å². The lowest BCUT2D eigenvalue weighted by Gasteiger charge is -2.33. The lowest BCUT2D eigenvalue weighted by molar-refractivity contribution is -0.138. The number of halogens is 3. The molecule has 32 heavy (non-hydrogen) atoms. The first-order valence-electron chi connectivity index (χ1n) is 10.0. The van der Waals surface area contributed by atoms with Gasteiger partial charge in [0.05, 0.1) is 17.7 Å². The molecule has 0 aliphatic carbocycles. The zero-order valence-corrected chi connectivity index (χ0v) is 17.2. The number of rotatable bonds is 4. The van der Waals surface area contributed by atoms with E-state index >= 15 is 0 Å². The van der Waals surface area contributed by atoms with E-state index in [0.29, 0.717) is 48.7 Å². The molecule has 1 aromatic carbocycles. The van der Waals surface area contributed by atoms with Crippen molar-refractivity contribution in [2.45, 2.75) is 32.0 Å². The quantitative estimate of drug-likeness (QED) is 0.608. The Kier molecular flexibility index (Phi) is 6.02. The number of piperidine rings is 1. The van der Waals surface area contributed by atoms with E-state index in [1.165, 1.54) is 0 Å². The Labute approximate surface area is 182 Å². The topological polar surface area (TPSA) is 81.1 Å². The van der Waals surface area contributed by atoms with E-state index in [1.807, 2.05) is 19.1 Å². The van der Waals surface area contributed by atoms with Crippen LogP contribution in [0.5, 0.6) is 6.01 Å². The summed E-state index contributed by atoms with van der Waals surface area (Å²) in [6, 6.07) is 7.00. The molecule has 1 amide bonds. The number of likely N-dealkylation sites (tertiary alicyclic amines) is 1. The van der Waals surface area contributed by atoms with Crippen molar-refractivity contribution < 1.29 is 22.7 Å². The lowest BCUT2D eigenvalue weighted by Crippen LogP contribution is -2.44. The molecule has 1 fully saturated rings. The molecule has 1 aliphatic heterocycles. The third kappa shape index (κ3) is 4.68. The minimum absolute atomic E-state index is 0.147. The van der Waals surface area contributed by atoms with Crippen LogP contribution in [-0.4, -0.2) is 49.9 Å². The fraction of sp³-hybridized carbons (Fsp3) is 0.318. The van der Waals surface area contributed by atoms with Crippen LogP contribution in [0.1, 0.15) is 34.3 Å². The second-order valence-corrected chi connectivity index (χ2v) is 7.46. The summed E-state index contributed by atoms with van der Waals surface area (Å²) in [4.78, 5) is 30.9. The molecule has 0 bridgehead atoms. The van der Waals surface area contributed by atoms with Gasteiger partial charge in [-0.2, -0.15) is 13.2 Å². The van der Waals surface area contributed by atoms with Gasteiger partial charge in [0.25, 0.3) is 5.91 Å². The number of ether oxygens (including phenoxy) is 1. The second kappa shape index (κ2) is 8.89. The predicted molar refractivity (Wildman–Crippen MR) is 109 cm³/mol. The Balaban J connectivity index is 1.51. The maximum absolute atomic E-state index is 13.4. The summed E-state index contributed by atoms with van der Waals surface area (Å²) in [5.41, 5.74) is 1.10. The van der Waals surface area contributed by atoms with Gasteiger partial charge in [0.1, 0.15) is 6.10 Å². The third-order valence-electron chi connectivity index (χ3n) is 5.19. The molecule has 2 aromatic heterocycles. The van der Waals surface area contributed by atoms with Gasteiger partial charge in [-0.3, -0.25) is 4.79 Å². The minimum atomic E-state index is -4.51. The molecular formula is C22H20F3N5O2. The van der Waals surface area contributed by atoms with Crippen molar-refractivity contribution in [1.29, 1.82) is 0 Å². The first kappa shape index (κ1) is 21.7. The summed E-state index contributed by atoms with van der Waals surface area (Å²) >= 11 is 0. The summed E-state index contributed by atoms with van der Waals surface area (Å²) in [5.74, 6) is 0.287. The van der Waals surface area contributed by atoms with Crippen molar-refractivity contribution in [3.63, 3.8) is 0 Å². The fourth-order valence-corrected chi connectivity index (χ4v) is 3.63. The molecule has 0 unspecified atom stereocenters. The number of nitrogens with zero attached hydrogens (tertiary/aromatic N) is 5. The van der Waals surface area contributed by atoms with Gasteiger partial charge in [0.2, 0.25) is 0 Å². The van der Waals surface area contributed by atoms with Crippen LogP contribution in [0.2, 0.25) is 0 Å². The SMILES string of the molecule is Cc1cccc(C(=O)N2CCC[C@@H](Oc3ncc(C(F)(F)F)cn3)C2)c1-c1ncccn1. The lowest BCUT2D eigenvalue weighted by atomic mass is 9.98. The van der Waals surface area contributed by atoms with Crippen molar-refractivity contribution in [2.24, 2.45) is 0 Å². The largest absolute Gasteiger partial charge is 0.458 e. The van der Waals surface area contributed by atoms with E-state index < -0.39 is 17.8 Å². The molecular weight excluding hydrogens is 423 g/mol. The maximum atomic E-state index is 13.4. The summed E-state index contributed by atoms with van der Waals surface area (Å²) in [7, 11) is 0. The summed E-state index contributed by atoms with van der Waals surface area (Å²) in [5, 5.41) is 0. The van der Waals surface area contributed by atoms with E-state index in [2.05, 4.69) is 19.9 Å². The molecule has 1 aliphatic rings. The van der Waals surface area contributed by atoms with Crippen molar-refractivity contribution in [3.8, 4) is 17.4 Å². The molecule has 10 heteroatoms.